The van der Waals surface area contributed by atoms with Crippen LogP contribution in [0.25, 0.3) is 0 Å². The van der Waals surface area contributed by atoms with Crippen molar-refractivity contribution in [3.05, 3.63) is 65.7 Å². The molecule has 0 radical (unpaired) electrons. The molecule has 0 unspecified atom stereocenters. The third-order valence-corrected chi connectivity index (χ3v) is 4.66. The van der Waals surface area contributed by atoms with Crippen LogP contribution in [0.15, 0.2) is 54.6 Å². The Labute approximate surface area is 164 Å². The molecule has 0 atom stereocenters. The van der Waals surface area contributed by atoms with E-state index in [0.29, 0.717) is 29.9 Å². The Morgan fingerprint density at radius 1 is 0.926 bits per heavy atom. The van der Waals surface area contributed by atoms with Crippen LogP contribution < -0.4 is 10.6 Å². The fourth-order valence-corrected chi connectivity index (χ4v) is 3.08. The molecule has 1 heterocycles. The molecule has 0 bridgehead atoms. The van der Waals surface area contributed by atoms with Gasteiger partial charge in [0.2, 0.25) is 0 Å². The lowest BCUT2D eigenvalue weighted by atomic mass is 10.1. The Bertz CT molecular complexity index is 833. The molecule has 0 spiro atoms. The first-order valence-electron chi connectivity index (χ1n) is 8.79. The van der Waals surface area contributed by atoms with Crippen molar-refractivity contribution in [3.8, 4) is 0 Å². The number of nitrogens with zero attached hydrogens (tertiary/aromatic N) is 2. The molecule has 0 aliphatic carbocycles. The van der Waals surface area contributed by atoms with E-state index in [1.54, 1.807) is 36.4 Å². The highest BCUT2D eigenvalue weighted by molar-refractivity contribution is 7.80. The van der Waals surface area contributed by atoms with Crippen molar-refractivity contribution in [2.24, 2.45) is 0 Å². The maximum Gasteiger partial charge on any atom is 0.257 e. The number of piperazine rings is 1. The Hall–Kier alpha value is -2.77. The molecule has 1 aliphatic rings. The third kappa shape index (κ3) is 4.90. The minimum Gasteiger partial charge on any atom is -0.336 e. The molecule has 27 heavy (non-hydrogen) atoms. The lowest BCUT2D eigenvalue weighted by Gasteiger charge is -2.32. The van der Waals surface area contributed by atoms with Gasteiger partial charge in [0.1, 0.15) is 0 Å². The summed E-state index contributed by atoms with van der Waals surface area (Å²) in [4.78, 5) is 29.1. The van der Waals surface area contributed by atoms with E-state index in [-0.39, 0.29) is 16.9 Å². The summed E-state index contributed by atoms with van der Waals surface area (Å²) >= 11 is 5.26. The smallest absolute Gasteiger partial charge is 0.257 e. The van der Waals surface area contributed by atoms with Crippen LogP contribution in [0.1, 0.15) is 20.7 Å². The van der Waals surface area contributed by atoms with Gasteiger partial charge in [-0.3, -0.25) is 14.9 Å². The normalized spacial score (nSPS) is 14.5. The van der Waals surface area contributed by atoms with E-state index < -0.39 is 0 Å². The van der Waals surface area contributed by atoms with Crippen LogP contribution in [0, 0.1) is 0 Å². The second kappa shape index (κ2) is 8.75. The van der Waals surface area contributed by atoms with Crippen molar-refractivity contribution < 1.29 is 9.59 Å². The quantitative estimate of drug-likeness (QED) is 0.797. The minimum atomic E-state index is -0.295. The van der Waals surface area contributed by atoms with Crippen LogP contribution in [0.4, 0.5) is 5.69 Å². The summed E-state index contributed by atoms with van der Waals surface area (Å²) in [6.45, 7) is 3.09. The second-order valence-corrected chi connectivity index (χ2v) is 6.82. The standard InChI is InChI=1S/C20H22N4O2S/c1-23-11-13-24(14-12-23)19(26)16-9-5-6-10-17(16)21-20(27)22-18(25)15-7-3-2-4-8-15/h2-10H,11-14H2,1H3,(H2,21,22,25,27). The van der Waals surface area contributed by atoms with Gasteiger partial charge in [-0.05, 0) is 43.5 Å². The third-order valence-electron chi connectivity index (χ3n) is 4.46. The van der Waals surface area contributed by atoms with Gasteiger partial charge in [-0.1, -0.05) is 30.3 Å². The number of thiocarbonyl (C=S) groups is 1. The number of carbonyl (C=O) groups is 2. The van der Waals surface area contributed by atoms with Crippen LogP contribution in [0.2, 0.25) is 0 Å². The topological polar surface area (TPSA) is 64.7 Å². The van der Waals surface area contributed by atoms with Crippen LogP contribution in [0.5, 0.6) is 0 Å². The van der Waals surface area contributed by atoms with Crippen molar-refractivity contribution in [1.29, 1.82) is 0 Å². The maximum absolute atomic E-state index is 12.9. The zero-order chi connectivity index (χ0) is 19.2. The van der Waals surface area contributed by atoms with Gasteiger partial charge in [-0.2, -0.15) is 0 Å². The number of carbonyl (C=O) groups excluding carboxylic acids is 2. The number of amides is 2. The number of hydrogen-bond donors (Lipinski definition) is 2. The minimum absolute atomic E-state index is 0.0385. The summed E-state index contributed by atoms with van der Waals surface area (Å²) in [5, 5.41) is 5.78. The van der Waals surface area contributed by atoms with Gasteiger partial charge >= 0.3 is 0 Å². The summed E-state index contributed by atoms with van der Waals surface area (Å²) in [6.07, 6.45) is 0. The number of rotatable bonds is 3. The van der Waals surface area contributed by atoms with Crippen molar-refractivity contribution in [3.63, 3.8) is 0 Å². The van der Waals surface area contributed by atoms with E-state index in [0.717, 1.165) is 13.1 Å². The van der Waals surface area contributed by atoms with E-state index in [1.165, 1.54) is 0 Å². The van der Waals surface area contributed by atoms with E-state index in [1.807, 2.05) is 30.1 Å². The van der Waals surface area contributed by atoms with E-state index in [2.05, 4.69) is 15.5 Å². The van der Waals surface area contributed by atoms with E-state index in [9.17, 15) is 9.59 Å². The number of para-hydroxylation sites is 1. The van der Waals surface area contributed by atoms with Crippen LogP contribution in [-0.2, 0) is 0 Å². The van der Waals surface area contributed by atoms with Gasteiger partial charge in [0.05, 0.1) is 11.3 Å². The van der Waals surface area contributed by atoms with E-state index >= 15 is 0 Å². The number of anilines is 1. The van der Waals surface area contributed by atoms with Crippen LogP contribution >= 0.6 is 12.2 Å². The zero-order valence-corrected chi connectivity index (χ0v) is 16.0. The van der Waals surface area contributed by atoms with Gasteiger partial charge in [-0.25, -0.2) is 0 Å². The maximum atomic E-state index is 12.9. The predicted molar refractivity (Wildman–Crippen MR) is 110 cm³/mol. The Morgan fingerprint density at radius 3 is 2.26 bits per heavy atom. The molecule has 1 fully saturated rings. The number of likely N-dealkylation sites (N-methyl/N-ethyl adjacent to an activating group) is 1. The fourth-order valence-electron chi connectivity index (χ4n) is 2.88. The number of nitrogens with one attached hydrogen (secondary N) is 2. The molecule has 0 saturated carbocycles. The number of hydrogen-bond acceptors (Lipinski definition) is 4. The Kier molecular flexibility index (Phi) is 6.16. The van der Waals surface area contributed by atoms with Crippen molar-refractivity contribution in [2.75, 3.05) is 38.5 Å². The van der Waals surface area contributed by atoms with Gasteiger partial charge in [0.15, 0.2) is 5.11 Å². The van der Waals surface area contributed by atoms with Crippen molar-refractivity contribution in [1.82, 2.24) is 15.1 Å². The molecule has 2 N–H and O–H groups in total. The van der Waals surface area contributed by atoms with Gasteiger partial charge in [0, 0.05) is 31.7 Å². The summed E-state index contributed by atoms with van der Waals surface area (Å²) in [5.74, 6) is -0.334. The first-order chi connectivity index (χ1) is 13.0. The average molecular weight is 382 g/mol. The fraction of sp³-hybridized carbons (Fsp3) is 0.250. The van der Waals surface area contributed by atoms with Crippen molar-refractivity contribution >= 4 is 34.8 Å². The molecule has 1 saturated heterocycles. The van der Waals surface area contributed by atoms with Gasteiger partial charge in [-0.15, -0.1) is 0 Å². The molecular weight excluding hydrogens is 360 g/mol. The Morgan fingerprint density at radius 2 is 1.56 bits per heavy atom. The SMILES string of the molecule is CN1CCN(C(=O)c2ccccc2NC(=S)NC(=O)c2ccccc2)CC1. The monoisotopic (exact) mass is 382 g/mol. The van der Waals surface area contributed by atoms with Crippen LogP contribution in [-0.4, -0.2) is 60.0 Å². The van der Waals surface area contributed by atoms with Crippen molar-refractivity contribution in [2.45, 2.75) is 0 Å². The summed E-state index contributed by atoms with van der Waals surface area (Å²) in [5.41, 5.74) is 1.64. The average Bonchev–Trinajstić information content (AvgIpc) is 2.69. The molecule has 6 nitrogen and oxygen atoms in total. The molecule has 2 amide bonds. The first kappa shape index (κ1) is 19.0. The highest BCUT2D eigenvalue weighted by Crippen LogP contribution is 2.18. The predicted octanol–water partition coefficient (Wildman–Crippen LogP) is 2.20. The summed E-state index contributed by atoms with van der Waals surface area (Å²) in [6, 6.07) is 16.0. The lowest BCUT2D eigenvalue weighted by Crippen LogP contribution is -2.47. The first-order valence-corrected chi connectivity index (χ1v) is 9.19. The van der Waals surface area contributed by atoms with Crippen LogP contribution in [0.3, 0.4) is 0 Å². The number of benzene rings is 2. The van der Waals surface area contributed by atoms with Gasteiger partial charge < -0.3 is 15.1 Å². The Balaban J connectivity index is 1.67. The van der Waals surface area contributed by atoms with Gasteiger partial charge in [0.25, 0.3) is 11.8 Å². The van der Waals surface area contributed by atoms with E-state index in [4.69, 9.17) is 12.2 Å². The summed E-state index contributed by atoms with van der Waals surface area (Å²) in [7, 11) is 2.05. The molecule has 2 aromatic carbocycles. The second-order valence-electron chi connectivity index (χ2n) is 6.42. The molecule has 0 aromatic heterocycles. The highest BCUT2D eigenvalue weighted by Gasteiger charge is 2.22. The lowest BCUT2D eigenvalue weighted by molar-refractivity contribution is 0.0665. The zero-order valence-electron chi connectivity index (χ0n) is 15.1. The summed E-state index contributed by atoms with van der Waals surface area (Å²) < 4.78 is 0. The molecule has 140 valence electrons. The largest absolute Gasteiger partial charge is 0.336 e. The highest BCUT2D eigenvalue weighted by atomic mass is 32.1. The molecule has 2 aromatic rings. The molecule has 7 heteroatoms. The molecular formula is C20H22N4O2S. The molecule has 3 rings (SSSR count). The molecule has 1 aliphatic heterocycles.